The van der Waals surface area contributed by atoms with Crippen LogP contribution in [0.15, 0.2) is 64.2 Å². The number of anilines is 1. The lowest BCUT2D eigenvalue weighted by atomic mass is 9.99. The first-order valence-corrected chi connectivity index (χ1v) is 11.6. The Bertz CT molecular complexity index is 1090. The average Bonchev–Trinajstić information content (AvgIpc) is 3.21. The molecule has 0 saturated heterocycles. The molecule has 0 aliphatic heterocycles. The minimum Gasteiger partial charge on any atom is -0.349 e. The summed E-state index contributed by atoms with van der Waals surface area (Å²) in [6.07, 6.45) is 0.229. The number of thiophene rings is 1. The van der Waals surface area contributed by atoms with Crippen LogP contribution in [0.3, 0.4) is 0 Å². The Hall–Kier alpha value is -2.64. The number of hydrogen-bond acceptors (Lipinski definition) is 4. The minimum atomic E-state index is -3.57. The zero-order valence-corrected chi connectivity index (χ0v) is 18.2. The molecule has 29 heavy (non-hydrogen) atoms. The number of amides is 1. The molecule has 3 aromatic rings. The Morgan fingerprint density at radius 1 is 1.07 bits per heavy atom. The number of sulfonamides is 1. The van der Waals surface area contributed by atoms with Gasteiger partial charge in [-0.3, -0.25) is 9.52 Å². The second-order valence-corrected chi connectivity index (χ2v) is 9.92. The second-order valence-electron chi connectivity index (χ2n) is 7.06. The molecule has 152 valence electrons. The number of hydrogen-bond donors (Lipinski definition) is 2. The number of aryl methyl sites for hydroxylation is 2. The van der Waals surface area contributed by atoms with Crippen molar-refractivity contribution >= 4 is 33.0 Å². The van der Waals surface area contributed by atoms with E-state index in [1.54, 1.807) is 41.8 Å². The first kappa shape index (κ1) is 21.1. The van der Waals surface area contributed by atoms with E-state index < -0.39 is 10.0 Å². The zero-order chi connectivity index (χ0) is 21.0. The van der Waals surface area contributed by atoms with Crippen LogP contribution in [0.5, 0.6) is 0 Å². The Labute approximate surface area is 175 Å². The van der Waals surface area contributed by atoms with Gasteiger partial charge in [0.2, 0.25) is 5.91 Å². The molecule has 0 bridgehead atoms. The first-order valence-electron chi connectivity index (χ1n) is 9.26. The predicted octanol–water partition coefficient (Wildman–Crippen LogP) is 4.59. The molecule has 1 heterocycles. The maximum Gasteiger partial charge on any atom is 0.271 e. The Balaban J connectivity index is 1.60. The van der Waals surface area contributed by atoms with Crippen LogP contribution < -0.4 is 10.0 Å². The number of nitrogens with one attached hydrogen (secondary N) is 2. The van der Waals surface area contributed by atoms with Crippen molar-refractivity contribution in [3.05, 3.63) is 82.2 Å². The largest absolute Gasteiger partial charge is 0.349 e. The van der Waals surface area contributed by atoms with Crippen LogP contribution in [-0.2, 0) is 21.2 Å². The molecule has 1 amide bonds. The highest BCUT2D eigenvalue weighted by Crippen LogP contribution is 2.21. The standard InChI is InChI=1S/C22H24N2O3S2/c1-15-6-7-16(2)20(13-15)17(3)23-21(25)14-18-8-10-19(11-9-18)24-29(26,27)22-5-4-12-28-22/h4-13,17,24H,14H2,1-3H3,(H,23,25). The molecule has 3 rings (SSSR count). The second kappa shape index (κ2) is 8.80. The van der Waals surface area contributed by atoms with Crippen molar-refractivity contribution in [2.24, 2.45) is 0 Å². The van der Waals surface area contributed by atoms with Gasteiger partial charge in [-0.15, -0.1) is 11.3 Å². The van der Waals surface area contributed by atoms with Crippen molar-refractivity contribution in [2.45, 2.75) is 37.4 Å². The lowest BCUT2D eigenvalue weighted by Crippen LogP contribution is -2.28. The van der Waals surface area contributed by atoms with E-state index in [0.29, 0.717) is 5.69 Å². The molecule has 5 nitrogen and oxygen atoms in total. The van der Waals surface area contributed by atoms with Gasteiger partial charge in [0.1, 0.15) is 4.21 Å². The molecule has 0 fully saturated rings. The third-order valence-electron chi connectivity index (χ3n) is 4.61. The number of carbonyl (C=O) groups is 1. The minimum absolute atomic E-state index is 0.0784. The lowest BCUT2D eigenvalue weighted by Gasteiger charge is -2.17. The van der Waals surface area contributed by atoms with Crippen molar-refractivity contribution in [3.8, 4) is 0 Å². The molecule has 2 aromatic carbocycles. The van der Waals surface area contributed by atoms with Crippen LogP contribution >= 0.6 is 11.3 Å². The SMILES string of the molecule is Cc1ccc(C)c(C(C)NC(=O)Cc2ccc(NS(=O)(=O)c3cccs3)cc2)c1. The summed E-state index contributed by atoms with van der Waals surface area (Å²) in [5, 5.41) is 4.75. The van der Waals surface area contributed by atoms with E-state index in [-0.39, 0.29) is 22.6 Å². The smallest absolute Gasteiger partial charge is 0.271 e. The quantitative estimate of drug-likeness (QED) is 0.578. The van der Waals surface area contributed by atoms with Gasteiger partial charge in [0.05, 0.1) is 12.5 Å². The van der Waals surface area contributed by atoms with Gasteiger partial charge < -0.3 is 5.32 Å². The van der Waals surface area contributed by atoms with Crippen LogP contribution in [0.1, 0.15) is 35.2 Å². The van der Waals surface area contributed by atoms with Crippen molar-refractivity contribution in [2.75, 3.05) is 4.72 Å². The predicted molar refractivity (Wildman–Crippen MR) is 118 cm³/mol. The molecule has 1 unspecified atom stereocenters. The molecule has 1 aromatic heterocycles. The van der Waals surface area contributed by atoms with E-state index in [1.807, 2.05) is 20.8 Å². The van der Waals surface area contributed by atoms with Crippen molar-refractivity contribution in [1.82, 2.24) is 5.32 Å². The van der Waals surface area contributed by atoms with E-state index >= 15 is 0 Å². The van der Waals surface area contributed by atoms with Gasteiger partial charge in [-0.25, -0.2) is 8.42 Å². The zero-order valence-electron chi connectivity index (χ0n) is 16.6. The molecule has 0 aliphatic carbocycles. The van der Waals surface area contributed by atoms with Crippen molar-refractivity contribution < 1.29 is 13.2 Å². The lowest BCUT2D eigenvalue weighted by molar-refractivity contribution is -0.121. The summed E-state index contributed by atoms with van der Waals surface area (Å²) in [6, 6.07) is 16.2. The fourth-order valence-electron chi connectivity index (χ4n) is 3.09. The van der Waals surface area contributed by atoms with Gasteiger partial charge in [-0.2, -0.15) is 0 Å². The van der Waals surface area contributed by atoms with Crippen LogP contribution in [0.4, 0.5) is 5.69 Å². The van der Waals surface area contributed by atoms with E-state index in [0.717, 1.165) is 33.6 Å². The summed E-state index contributed by atoms with van der Waals surface area (Å²) in [5.74, 6) is -0.0784. The van der Waals surface area contributed by atoms with Crippen LogP contribution in [0.25, 0.3) is 0 Å². The van der Waals surface area contributed by atoms with Gasteiger partial charge in [0.15, 0.2) is 0 Å². The molecule has 1 atom stereocenters. The summed E-state index contributed by atoms with van der Waals surface area (Å²) in [5.41, 5.74) is 4.69. The average molecular weight is 429 g/mol. The van der Waals surface area contributed by atoms with Crippen LogP contribution in [0, 0.1) is 13.8 Å². The van der Waals surface area contributed by atoms with Crippen molar-refractivity contribution in [3.63, 3.8) is 0 Å². The Morgan fingerprint density at radius 3 is 2.45 bits per heavy atom. The number of benzene rings is 2. The fourth-order valence-corrected chi connectivity index (χ4v) is 5.15. The molecular weight excluding hydrogens is 404 g/mol. The summed E-state index contributed by atoms with van der Waals surface area (Å²) in [4.78, 5) is 12.4. The molecule has 7 heteroatoms. The molecule has 0 spiro atoms. The van der Waals surface area contributed by atoms with Gasteiger partial charge in [-0.05, 0) is 61.0 Å². The maximum absolute atomic E-state index is 12.4. The molecule has 0 radical (unpaired) electrons. The van der Waals surface area contributed by atoms with Crippen LogP contribution in [0.2, 0.25) is 0 Å². The highest BCUT2D eigenvalue weighted by atomic mass is 32.2. The number of rotatable bonds is 7. The Kier molecular flexibility index (Phi) is 6.39. The van der Waals surface area contributed by atoms with E-state index in [1.165, 1.54) is 0 Å². The van der Waals surface area contributed by atoms with Crippen LogP contribution in [-0.4, -0.2) is 14.3 Å². The van der Waals surface area contributed by atoms with Gasteiger partial charge in [0.25, 0.3) is 10.0 Å². The molecular formula is C22H24N2O3S2. The molecule has 2 N–H and O–H groups in total. The molecule has 0 saturated carbocycles. The fraction of sp³-hybridized carbons (Fsp3) is 0.227. The van der Waals surface area contributed by atoms with Gasteiger partial charge >= 0.3 is 0 Å². The third-order valence-corrected chi connectivity index (χ3v) is 7.39. The number of carbonyl (C=O) groups excluding carboxylic acids is 1. The Morgan fingerprint density at radius 2 is 1.79 bits per heavy atom. The molecule has 0 aliphatic rings. The summed E-state index contributed by atoms with van der Waals surface area (Å²) in [6.45, 7) is 6.04. The maximum atomic E-state index is 12.4. The first-order chi connectivity index (χ1) is 13.7. The monoisotopic (exact) mass is 428 g/mol. The van der Waals surface area contributed by atoms with E-state index in [4.69, 9.17) is 0 Å². The van der Waals surface area contributed by atoms with Gasteiger partial charge in [-0.1, -0.05) is 42.0 Å². The van der Waals surface area contributed by atoms with Gasteiger partial charge in [0, 0.05) is 5.69 Å². The summed E-state index contributed by atoms with van der Waals surface area (Å²) in [7, 11) is -3.57. The topological polar surface area (TPSA) is 75.3 Å². The summed E-state index contributed by atoms with van der Waals surface area (Å²) >= 11 is 1.16. The highest BCUT2D eigenvalue weighted by Gasteiger charge is 2.16. The van der Waals surface area contributed by atoms with E-state index in [9.17, 15) is 13.2 Å². The van der Waals surface area contributed by atoms with E-state index in [2.05, 4.69) is 28.2 Å². The normalized spacial score (nSPS) is 12.4. The van der Waals surface area contributed by atoms with Crippen molar-refractivity contribution in [1.29, 1.82) is 0 Å². The summed E-state index contributed by atoms with van der Waals surface area (Å²) < 4.78 is 27.3. The third kappa shape index (κ3) is 5.46. The highest BCUT2D eigenvalue weighted by molar-refractivity contribution is 7.94.